The van der Waals surface area contributed by atoms with Crippen LogP contribution in [0.15, 0.2) is 37.0 Å². The standard InChI is InChI=1S/C16H19ClN4O/c1-3-14-11-19-15(21(14)9-8-18-2)16(22)20-10-12-4-6-13(17)7-5-12/h3-7,11,18H,1,8-10H2,2H3,(H,20,22). The van der Waals surface area contributed by atoms with Crippen molar-refractivity contribution in [2.75, 3.05) is 13.6 Å². The van der Waals surface area contributed by atoms with Crippen LogP contribution < -0.4 is 10.6 Å². The molecule has 2 N–H and O–H groups in total. The Hall–Kier alpha value is -2.11. The van der Waals surface area contributed by atoms with Gasteiger partial charge < -0.3 is 15.2 Å². The number of likely N-dealkylation sites (N-methyl/N-ethyl adjacent to an activating group) is 1. The first-order chi connectivity index (χ1) is 10.7. The van der Waals surface area contributed by atoms with Crippen LogP contribution in [0.4, 0.5) is 0 Å². The van der Waals surface area contributed by atoms with E-state index in [1.807, 2.05) is 23.7 Å². The second kappa shape index (κ2) is 7.77. The topological polar surface area (TPSA) is 59.0 Å². The molecule has 5 nitrogen and oxygen atoms in total. The van der Waals surface area contributed by atoms with E-state index in [0.29, 0.717) is 23.9 Å². The Labute approximate surface area is 135 Å². The highest BCUT2D eigenvalue weighted by atomic mass is 35.5. The average Bonchev–Trinajstić information content (AvgIpc) is 2.95. The van der Waals surface area contributed by atoms with Crippen LogP contribution in [0, 0.1) is 0 Å². The Morgan fingerprint density at radius 3 is 2.77 bits per heavy atom. The quantitative estimate of drug-likeness (QED) is 0.823. The van der Waals surface area contributed by atoms with Crippen molar-refractivity contribution >= 4 is 23.6 Å². The molecular weight excluding hydrogens is 300 g/mol. The van der Waals surface area contributed by atoms with E-state index >= 15 is 0 Å². The minimum Gasteiger partial charge on any atom is -0.345 e. The summed E-state index contributed by atoms with van der Waals surface area (Å²) in [4.78, 5) is 16.5. The molecule has 0 aliphatic rings. The molecule has 116 valence electrons. The van der Waals surface area contributed by atoms with E-state index in [1.54, 1.807) is 24.4 Å². The van der Waals surface area contributed by atoms with Gasteiger partial charge in [-0.2, -0.15) is 0 Å². The smallest absolute Gasteiger partial charge is 0.287 e. The third-order valence-electron chi connectivity index (χ3n) is 3.25. The van der Waals surface area contributed by atoms with Gasteiger partial charge in [0.25, 0.3) is 5.91 Å². The molecule has 0 unspecified atom stereocenters. The lowest BCUT2D eigenvalue weighted by atomic mass is 10.2. The molecule has 6 heteroatoms. The number of nitrogens with one attached hydrogen (secondary N) is 2. The molecule has 1 aromatic carbocycles. The molecule has 2 aromatic rings. The molecule has 0 bridgehead atoms. The lowest BCUT2D eigenvalue weighted by molar-refractivity contribution is 0.0936. The molecule has 0 spiro atoms. The largest absolute Gasteiger partial charge is 0.345 e. The first kappa shape index (κ1) is 16.3. The summed E-state index contributed by atoms with van der Waals surface area (Å²) in [5.41, 5.74) is 1.81. The van der Waals surface area contributed by atoms with E-state index in [1.165, 1.54) is 0 Å². The molecule has 0 radical (unpaired) electrons. The fraction of sp³-hybridized carbons (Fsp3) is 0.250. The van der Waals surface area contributed by atoms with Crippen LogP contribution in [0.25, 0.3) is 6.08 Å². The summed E-state index contributed by atoms with van der Waals surface area (Å²) < 4.78 is 1.85. The van der Waals surface area contributed by atoms with E-state index < -0.39 is 0 Å². The van der Waals surface area contributed by atoms with Gasteiger partial charge in [0, 0.05) is 24.7 Å². The number of carbonyl (C=O) groups excluding carboxylic acids is 1. The number of hydrogen-bond acceptors (Lipinski definition) is 3. The van der Waals surface area contributed by atoms with Crippen LogP contribution in [-0.4, -0.2) is 29.1 Å². The molecule has 0 aliphatic carbocycles. The SMILES string of the molecule is C=Cc1cnc(C(=O)NCc2ccc(Cl)cc2)n1CCNC. The molecule has 1 aromatic heterocycles. The van der Waals surface area contributed by atoms with Crippen molar-refractivity contribution < 1.29 is 4.79 Å². The van der Waals surface area contributed by atoms with Gasteiger partial charge in [0.1, 0.15) is 0 Å². The van der Waals surface area contributed by atoms with Crippen molar-refractivity contribution in [2.24, 2.45) is 0 Å². The number of halogens is 1. The molecule has 2 rings (SSSR count). The molecule has 0 aliphatic heterocycles. The number of hydrogen-bond donors (Lipinski definition) is 2. The fourth-order valence-electron chi connectivity index (χ4n) is 2.06. The second-order valence-electron chi connectivity index (χ2n) is 4.78. The first-order valence-electron chi connectivity index (χ1n) is 7.01. The highest BCUT2D eigenvalue weighted by Crippen LogP contribution is 2.10. The Morgan fingerprint density at radius 2 is 2.14 bits per heavy atom. The van der Waals surface area contributed by atoms with Crippen LogP contribution in [0.5, 0.6) is 0 Å². The number of amides is 1. The van der Waals surface area contributed by atoms with Gasteiger partial charge in [0.2, 0.25) is 0 Å². The van der Waals surface area contributed by atoms with Crippen molar-refractivity contribution in [3.05, 3.63) is 59.1 Å². The zero-order valence-electron chi connectivity index (χ0n) is 12.5. The lowest BCUT2D eigenvalue weighted by Crippen LogP contribution is -2.28. The number of benzene rings is 1. The predicted molar refractivity (Wildman–Crippen MR) is 88.9 cm³/mol. The minimum atomic E-state index is -0.209. The monoisotopic (exact) mass is 318 g/mol. The van der Waals surface area contributed by atoms with E-state index in [9.17, 15) is 4.79 Å². The summed E-state index contributed by atoms with van der Waals surface area (Å²) in [5, 5.41) is 6.60. The number of aromatic nitrogens is 2. The second-order valence-corrected chi connectivity index (χ2v) is 5.21. The third kappa shape index (κ3) is 3.96. The van der Waals surface area contributed by atoms with Crippen LogP contribution >= 0.6 is 11.6 Å². The summed E-state index contributed by atoms with van der Waals surface area (Å²) >= 11 is 5.84. The Bertz CT molecular complexity index is 649. The zero-order valence-corrected chi connectivity index (χ0v) is 13.2. The summed E-state index contributed by atoms with van der Waals surface area (Å²) in [6.07, 6.45) is 3.35. The van der Waals surface area contributed by atoms with E-state index in [0.717, 1.165) is 17.8 Å². The third-order valence-corrected chi connectivity index (χ3v) is 3.50. The number of carbonyl (C=O) groups is 1. The van der Waals surface area contributed by atoms with Crippen molar-refractivity contribution in [3.63, 3.8) is 0 Å². The normalized spacial score (nSPS) is 10.5. The molecule has 0 saturated carbocycles. The maximum absolute atomic E-state index is 12.3. The number of imidazole rings is 1. The van der Waals surface area contributed by atoms with Crippen molar-refractivity contribution in [3.8, 4) is 0 Å². The lowest BCUT2D eigenvalue weighted by Gasteiger charge is -2.10. The minimum absolute atomic E-state index is 0.209. The Balaban J connectivity index is 2.07. The van der Waals surface area contributed by atoms with Crippen LogP contribution in [0.2, 0.25) is 5.02 Å². The van der Waals surface area contributed by atoms with Gasteiger partial charge in [-0.15, -0.1) is 0 Å². The van der Waals surface area contributed by atoms with Gasteiger partial charge in [-0.25, -0.2) is 4.98 Å². The molecule has 1 amide bonds. The highest BCUT2D eigenvalue weighted by molar-refractivity contribution is 6.30. The van der Waals surface area contributed by atoms with Crippen molar-refractivity contribution in [2.45, 2.75) is 13.1 Å². The summed E-state index contributed by atoms with van der Waals surface area (Å²) in [7, 11) is 1.87. The van der Waals surface area contributed by atoms with E-state index in [-0.39, 0.29) is 5.91 Å². The fourth-order valence-corrected chi connectivity index (χ4v) is 2.18. The maximum Gasteiger partial charge on any atom is 0.287 e. The molecule has 1 heterocycles. The molecule has 0 fully saturated rings. The molecule has 0 atom stereocenters. The van der Waals surface area contributed by atoms with E-state index in [4.69, 9.17) is 11.6 Å². The van der Waals surface area contributed by atoms with Gasteiger partial charge in [0.15, 0.2) is 5.82 Å². The Kier molecular flexibility index (Phi) is 5.75. The van der Waals surface area contributed by atoms with Crippen LogP contribution in [-0.2, 0) is 13.1 Å². The van der Waals surface area contributed by atoms with Gasteiger partial charge in [-0.3, -0.25) is 4.79 Å². The average molecular weight is 319 g/mol. The number of rotatable bonds is 7. The van der Waals surface area contributed by atoms with Crippen LogP contribution in [0.3, 0.4) is 0 Å². The summed E-state index contributed by atoms with van der Waals surface area (Å²) in [5.74, 6) is 0.179. The molecule has 22 heavy (non-hydrogen) atoms. The van der Waals surface area contributed by atoms with Crippen LogP contribution in [0.1, 0.15) is 21.9 Å². The van der Waals surface area contributed by atoms with Crippen molar-refractivity contribution in [1.82, 2.24) is 20.2 Å². The zero-order chi connectivity index (χ0) is 15.9. The first-order valence-corrected chi connectivity index (χ1v) is 7.38. The van der Waals surface area contributed by atoms with Gasteiger partial charge >= 0.3 is 0 Å². The van der Waals surface area contributed by atoms with Gasteiger partial charge in [-0.1, -0.05) is 30.3 Å². The van der Waals surface area contributed by atoms with Crippen molar-refractivity contribution in [1.29, 1.82) is 0 Å². The molecular formula is C16H19ClN4O. The van der Waals surface area contributed by atoms with E-state index in [2.05, 4.69) is 22.2 Å². The van der Waals surface area contributed by atoms with Gasteiger partial charge in [-0.05, 0) is 30.8 Å². The summed E-state index contributed by atoms with van der Waals surface area (Å²) in [6, 6.07) is 7.36. The molecule has 0 saturated heterocycles. The Morgan fingerprint density at radius 1 is 1.41 bits per heavy atom. The summed E-state index contributed by atoms with van der Waals surface area (Å²) in [6.45, 7) is 5.58. The van der Waals surface area contributed by atoms with Gasteiger partial charge in [0.05, 0.1) is 11.9 Å². The number of nitrogens with zero attached hydrogens (tertiary/aromatic N) is 2. The maximum atomic E-state index is 12.3. The highest BCUT2D eigenvalue weighted by Gasteiger charge is 2.15. The predicted octanol–water partition coefficient (Wildman–Crippen LogP) is 2.33.